The van der Waals surface area contributed by atoms with Crippen LogP contribution in [-0.2, 0) is 16.4 Å². The van der Waals surface area contributed by atoms with Crippen LogP contribution in [0.2, 0.25) is 0 Å². The molecule has 0 atom stereocenters. The van der Waals surface area contributed by atoms with E-state index in [1.54, 1.807) is 0 Å². The summed E-state index contributed by atoms with van der Waals surface area (Å²) in [6, 6.07) is 11.0. The summed E-state index contributed by atoms with van der Waals surface area (Å²) in [4.78, 5) is -0.391. The fourth-order valence-electron chi connectivity index (χ4n) is 1.92. The zero-order valence-corrected chi connectivity index (χ0v) is 13.0. The van der Waals surface area contributed by atoms with Gasteiger partial charge in [0.1, 0.15) is 12.4 Å². The molecule has 2 aromatic rings. The Morgan fingerprint density at radius 1 is 1.05 bits per heavy atom. The van der Waals surface area contributed by atoms with Crippen LogP contribution in [0.15, 0.2) is 47.4 Å². The number of benzene rings is 2. The molecule has 0 bridgehead atoms. The predicted octanol–water partition coefficient (Wildman–Crippen LogP) is 3.88. The molecule has 2 aromatic carbocycles. The van der Waals surface area contributed by atoms with Gasteiger partial charge in [0.05, 0.1) is 4.90 Å². The number of hydrogen-bond acceptors (Lipinski definition) is 3. The van der Waals surface area contributed by atoms with Gasteiger partial charge in [0.2, 0.25) is 9.84 Å². The minimum absolute atomic E-state index is 0.235. The molecule has 0 aliphatic carbocycles. The summed E-state index contributed by atoms with van der Waals surface area (Å²) in [6.07, 6.45) is 0. The second-order valence-corrected chi connectivity index (χ2v) is 6.85. The number of hydrogen-bond donors (Lipinski definition) is 0. The molecule has 0 spiro atoms. The Balaban J connectivity index is 2.11. The third kappa shape index (κ3) is 3.44. The highest BCUT2D eigenvalue weighted by Crippen LogP contribution is 2.23. The van der Waals surface area contributed by atoms with Crippen molar-refractivity contribution < 1.29 is 21.9 Å². The van der Waals surface area contributed by atoms with E-state index in [4.69, 9.17) is 4.74 Å². The van der Waals surface area contributed by atoms with Gasteiger partial charge in [-0.1, -0.05) is 24.3 Å². The first-order chi connectivity index (χ1) is 10.3. The minimum Gasteiger partial charge on any atom is -0.489 e. The summed E-state index contributed by atoms with van der Waals surface area (Å²) in [5, 5.41) is 0. The van der Waals surface area contributed by atoms with Crippen LogP contribution >= 0.6 is 0 Å². The van der Waals surface area contributed by atoms with E-state index >= 15 is 0 Å². The van der Waals surface area contributed by atoms with E-state index in [0.29, 0.717) is 5.56 Å². The molecule has 6 heteroatoms. The van der Waals surface area contributed by atoms with Crippen LogP contribution in [0.1, 0.15) is 16.7 Å². The largest absolute Gasteiger partial charge is 0.489 e. The van der Waals surface area contributed by atoms with Crippen molar-refractivity contribution in [1.82, 2.24) is 0 Å². The first kappa shape index (κ1) is 16.4. The van der Waals surface area contributed by atoms with Gasteiger partial charge in [-0.2, -0.15) is 8.78 Å². The number of ether oxygens (including phenoxy) is 1. The Labute approximate surface area is 128 Å². The first-order valence-corrected chi connectivity index (χ1v) is 8.17. The molecule has 118 valence electrons. The lowest BCUT2D eigenvalue weighted by atomic mass is 10.1. The average molecular weight is 326 g/mol. The Kier molecular flexibility index (Phi) is 4.81. The van der Waals surface area contributed by atoms with Gasteiger partial charge in [0.25, 0.3) is 0 Å². The lowest BCUT2D eigenvalue weighted by Gasteiger charge is -2.11. The Morgan fingerprint density at radius 3 is 2.27 bits per heavy atom. The highest BCUT2D eigenvalue weighted by Gasteiger charge is 2.26. The molecule has 0 N–H and O–H groups in total. The van der Waals surface area contributed by atoms with Crippen molar-refractivity contribution in [2.75, 3.05) is 0 Å². The van der Waals surface area contributed by atoms with E-state index in [-0.39, 0.29) is 6.61 Å². The topological polar surface area (TPSA) is 43.4 Å². The third-order valence-electron chi connectivity index (χ3n) is 3.44. The molecule has 22 heavy (non-hydrogen) atoms. The maximum absolute atomic E-state index is 12.4. The summed E-state index contributed by atoms with van der Waals surface area (Å²) < 4.78 is 53.2. The number of aryl methyl sites for hydroxylation is 1. The first-order valence-electron chi connectivity index (χ1n) is 6.62. The molecule has 0 radical (unpaired) electrons. The molecule has 0 unspecified atom stereocenters. The van der Waals surface area contributed by atoms with Crippen molar-refractivity contribution >= 4 is 9.84 Å². The number of alkyl halides is 2. The molecule has 0 saturated heterocycles. The van der Waals surface area contributed by atoms with Crippen LogP contribution < -0.4 is 4.74 Å². The van der Waals surface area contributed by atoms with Crippen molar-refractivity contribution in [2.24, 2.45) is 0 Å². The molecule has 2 rings (SSSR count). The van der Waals surface area contributed by atoms with Gasteiger partial charge in [0.15, 0.2) is 0 Å². The van der Waals surface area contributed by atoms with E-state index in [1.807, 2.05) is 32.0 Å². The van der Waals surface area contributed by atoms with Gasteiger partial charge in [-0.15, -0.1) is 0 Å². The lowest BCUT2D eigenvalue weighted by molar-refractivity contribution is 0.234. The van der Waals surface area contributed by atoms with Crippen LogP contribution in [0.4, 0.5) is 8.78 Å². The van der Waals surface area contributed by atoms with E-state index in [1.165, 1.54) is 24.3 Å². The molecule has 0 aliphatic rings. The summed E-state index contributed by atoms with van der Waals surface area (Å²) in [5.41, 5.74) is 2.84. The highest BCUT2D eigenvalue weighted by atomic mass is 32.2. The van der Waals surface area contributed by atoms with Crippen molar-refractivity contribution in [2.45, 2.75) is 31.1 Å². The summed E-state index contributed by atoms with van der Waals surface area (Å²) in [5.74, 6) is -2.67. The zero-order chi connectivity index (χ0) is 16.3. The van der Waals surface area contributed by atoms with Crippen molar-refractivity contribution in [3.05, 3.63) is 59.2 Å². The van der Waals surface area contributed by atoms with Crippen molar-refractivity contribution in [3.8, 4) is 5.75 Å². The van der Waals surface area contributed by atoms with Gasteiger partial charge in [-0.3, -0.25) is 0 Å². The van der Waals surface area contributed by atoms with E-state index in [2.05, 4.69) is 0 Å². The molecule has 0 fully saturated rings. The minimum atomic E-state index is -4.55. The van der Waals surface area contributed by atoms with Crippen LogP contribution in [0, 0.1) is 13.8 Å². The normalized spacial score (nSPS) is 11.7. The monoisotopic (exact) mass is 326 g/mol. The number of sulfone groups is 1. The second kappa shape index (κ2) is 6.44. The number of rotatable bonds is 5. The van der Waals surface area contributed by atoms with E-state index in [0.717, 1.165) is 16.9 Å². The standard InChI is InChI=1S/C16H16F2O3S/c1-11-4-3-5-15(12(11)2)21-10-13-6-8-14(9-7-13)22(19,20)16(17)18/h3-9,16H,10H2,1-2H3. The maximum atomic E-state index is 12.4. The van der Waals surface area contributed by atoms with Gasteiger partial charge in [0, 0.05) is 0 Å². The summed E-state index contributed by atoms with van der Waals surface area (Å²) >= 11 is 0. The smallest absolute Gasteiger partial charge is 0.341 e. The molecule has 0 aromatic heterocycles. The van der Waals surface area contributed by atoms with Gasteiger partial charge < -0.3 is 4.74 Å². The number of halogens is 2. The second-order valence-electron chi connectivity index (χ2n) is 4.94. The third-order valence-corrected chi connectivity index (χ3v) is 4.83. The van der Waals surface area contributed by atoms with Gasteiger partial charge >= 0.3 is 5.76 Å². The fourth-order valence-corrected chi connectivity index (χ4v) is 2.64. The Hall–Kier alpha value is -1.95. The molecule has 3 nitrogen and oxygen atoms in total. The fraction of sp³-hybridized carbons (Fsp3) is 0.250. The maximum Gasteiger partial charge on any atom is 0.341 e. The van der Waals surface area contributed by atoms with E-state index < -0.39 is 20.5 Å². The quantitative estimate of drug-likeness (QED) is 0.837. The Morgan fingerprint density at radius 2 is 1.68 bits per heavy atom. The Bertz CT molecular complexity index is 753. The van der Waals surface area contributed by atoms with Crippen molar-refractivity contribution in [1.29, 1.82) is 0 Å². The van der Waals surface area contributed by atoms with Crippen molar-refractivity contribution in [3.63, 3.8) is 0 Å². The molecular weight excluding hydrogens is 310 g/mol. The van der Waals surface area contributed by atoms with Crippen LogP contribution in [0.5, 0.6) is 5.75 Å². The van der Waals surface area contributed by atoms with Gasteiger partial charge in [-0.25, -0.2) is 8.42 Å². The molecule has 0 heterocycles. The molecular formula is C16H16F2O3S. The highest BCUT2D eigenvalue weighted by molar-refractivity contribution is 7.91. The van der Waals surface area contributed by atoms with Crippen LogP contribution in [-0.4, -0.2) is 14.2 Å². The lowest BCUT2D eigenvalue weighted by Crippen LogP contribution is -2.11. The van der Waals surface area contributed by atoms with Gasteiger partial charge in [-0.05, 0) is 48.7 Å². The van der Waals surface area contributed by atoms with Crippen LogP contribution in [0.25, 0.3) is 0 Å². The molecule has 0 amide bonds. The zero-order valence-electron chi connectivity index (χ0n) is 12.2. The predicted molar refractivity (Wildman–Crippen MR) is 79.9 cm³/mol. The van der Waals surface area contributed by atoms with E-state index in [9.17, 15) is 17.2 Å². The summed E-state index contributed by atoms with van der Waals surface area (Å²) in [7, 11) is -4.55. The molecule has 0 saturated carbocycles. The molecule has 0 aliphatic heterocycles. The average Bonchev–Trinajstić information content (AvgIpc) is 2.49. The SMILES string of the molecule is Cc1cccc(OCc2ccc(S(=O)(=O)C(F)F)cc2)c1C. The summed E-state index contributed by atoms with van der Waals surface area (Å²) in [6.45, 7) is 4.16. The van der Waals surface area contributed by atoms with Crippen LogP contribution in [0.3, 0.4) is 0 Å².